The molecule has 1 fully saturated rings. The molecule has 0 saturated carbocycles. The van der Waals surface area contributed by atoms with Crippen LogP contribution < -0.4 is 0 Å². The number of fused-ring (bicyclic) bond motifs is 1. The second-order valence-electron chi connectivity index (χ2n) is 5.30. The van der Waals surface area contributed by atoms with Crippen LogP contribution in [0, 0.1) is 0 Å². The van der Waals surface area contributed by atoms with Crippen molar-refractivity contribution in [2.75, 3.05) is 6.54 Å². The first kappa shape index (κ1) is 13.1. The van der Waals surface area contributed by atoms with Crippen molar-refractivity contribution in [2.24, 2.45) is 0 Å². The smallest absolute Gasteiger partial charge is 0.329 e. The number of amides is 1. The summed E-state index contributed by atoms with van der Waals surface area (Å²) < 4.78 is 1.15. The van der Waals surface area contributed by atoms with Gasteiger partial charge in [0.1, 0.15) is 5.54 Å². The minimum Gasteiger partial charge on any atom is -0.480 e. The normalized spacial score (nSPS) is 21.8. The summed E-state index contributed by atoms with van der Waals surface area (Å²) in [6.07, 6.45) is 0.808. The molecule has 1 aliphatic heterocycles. The van der Waals surface area contributed by atoms with Crippen molar-refractivity contribution in [3.63, 3.8) is 0 Å². The molecule has 2 aromatic rings. The van der Waals surface area contributed by atoms with E-state index in [4.69, 9.17) is 0 Å². The third-order valence-electron chi connectivity index (χ3n) is 3.98. The van der Waals surface area contributed by atoms with E-state index < -0.39 is 11.5 Å². The summed E-state index contributed by atoms with van der Waals surface area (Å²) >= 11 is 1.59. The fraction of sp³-hybridized carbons (Fsp3) is 0.333. The number of carbonyl (C=O) groups is 2. The van der Waals surface area contributed by atoms with Gasteiger partial charge in [0.25, 0.3) is 0 Å². The molecule has 104 valence electrons. The first-order chi connectivity index (χ1) is 9.50. The average Bonchev–Trinajstić information content (AvgIpc) is 2.77. The van der Waals surface area contributed by atoms with Crippen molar-refractivity contribution >= 4 is 33.3 Å². The minimum atomic E-state index is -1.02. The molecule has 1 saturated heterocycles. The number of benzene rings is 1. The molecule has 1 unspecified atom stereocenters. The van der Waals surface area contributed by atoms with Gasteiger partial charge in [-0.1, -0.05) is 18.2 Å². The van der Waals surface area contributed by atoms with Crippen molar-refractivity contribution in [3.8, 4) is 0 Å². The first-order valence-electron chi connectivity index (χ1n) is 6.52. The Morgan fingerprint density at radius 2 is 2.15 bits per heavy atom. The van der Waals surface area contributed by atoms with E-state index in [0.29, 0.717) is 13.0 Å². The van der Waals surface area contributed by atoms with Crippen molar-refractivity contribution < 1.29 is 14.7 Å². The summed E-state index contributed by atoms with van der Waals surface area (Å²) in [5.74, 6) is -1.03. The van der Waals surface area contributed by atoms with E-state index in [-0.39, 0.29) is 12.3 Å². The van der Waals surface area contributed by atoms with Crippen LogP contribution in [0.15, 0.2) is 30.3 Å². The van der Waals surface area contributed by atoms with Crippen LogP contribution in [0.1, 0.15) is 18.2 Å². The molecule has 0 spiro atoms. The Balaban J connectivity index is 1.78. The van der Waals surface area contributed by atoms with Gasteiger partial charge in [-0.15, -0.1) is 11.3 Å². The largest absolute Gasteiger partial charge is 0.480 e. The highest BCUT2D eigenvalue weighted by Gasteiger charge is 2.49. The summed E-state index contributed by atoms with van der Waals surface area (Å²) in [6.45, 7) is 2.15. The summed E-state index contributed by atoms with van der Waals surface area (Å²) in [4.78, 5) is 25.9. The van der Waals surface area contributed by atoms with Crippen molar-refractivity contribution in [3.05, 3.63) is 35.2 Å². The van der Waals surface area contributed by atoms with Gasteiger partial charge in [0.2, 0.25) is 5.91 Å². The molecule has 1 aromatic carbocycles. The molecular formula is C15H15NO3S. The molecule has 1 aliphatic rings. The molecular weight excluding hydrogens is 274 g/mol. The highest BCUT2D eigenvalue weighted by Crippen LogP contribution is 2.32. The van der Waals surface area contributed by atoms with Crippen molar-refractivity contribution in [1.29, 1.82) is 0 Å². The second kappa shape index (κ2) is 4.59. The zero-order chi connectivity index (χ0) is 14.3. The quantitative estimate of drug-likeness (QED) is 0.944. The number of carboxylic acids is 1. The van der Waals surface area contributed by atoms with E-state index in [0.717, 1.165) is 15.0 Å². The van der Waals surface area contributed by atoms with Crippen LogP contribution in [0.2, 0.25) is 0 Å². The number of hydrogen-bond donors (Lipinski definition) is 1. The van der Waals surface area contributed by atoms with E-state index in [1.165, 1.54) is 4.90 Å². The Morgan fingerprint density at radius 3 is 2.75 bits per heavy atom. The van der Waals surface area contributed by atoms with E-state index >= 15 is 0 Å². The lowest BCUT2D eigenvalue weighted by Gasteiger charge is -2.47. The molecule has 0 radical (unpaired) electrons. The number of carboxylic acid groups (broad SMARTS) is 1. The lowest BCUT2D eigenvalue weighted by molar-refractivity contribution is -0.168. The zero-order valence-corrected chi connectivity index (χ0v) is 11.9. The van der Waals surface area contributed by atoms with E-state index in [9.17, 15) is 14.7 Å². The van der Waals surface area contributed by atoms with Crippen LogP contribution in [-0.4, -0.2) is 34.0 Å². The average molecular weight is 289 g/mol. The Bertz CT molecular complexity index is 660. The van der Waals surface area contributed by atoms with Crippen LogP contribution in [0.3, 0.4) is 0 Å². The molecule has 0 bridgehead atoms. The van der Waals surface area contributed by atoms with Crippen LogP contribution in [0.25, 0.3) is 10.1 Å². The van der Waals surface area contributed by atoms with Gasteiger partial charge in [0, 0.05) is 16.1 Å². The second-order valence-corrected chi connectivity index (χ2v) is 6.47. The molecule has 1 atom stereocenters. The van der Waals surface area contributed by atoms with E-state index in [1.807, 2.05) is 30.3 Å². The fourth-order valence-electron chi connectivity index (χ4n) is 2.55. The summed E-state index contributed by atoms with van der Waals surface area (Å²) in [7, 11) is 0. The molecule has 1 amide bonds. The highest BCUT2D eigenvalue weighted by molar-refractivity contribution is 7.19. The number of aliphatic carboxylic acids is 1. The molecule has 2 heterocycles. The monoisotopic (exact) mass is 289 g/mol. The molecule has 1 N–H and O–H groups in total. The number of rotatable bonds is 3. The molecule has 5 heteroatoms. The number of carbonyl (C=O) groups excluding carboxylic acids is 1. The number of nitrogens with zero attached hydrogens (tertiary/aromatic N) is 1. The van der Waals surface area contributed by atoms with Gasteiger partial charge in [-0.25, -0.2) is 4.79 Å². The Hall–Kier alpha value is -1.88. The van der Waals surface area contributed by atoms with Gasteiger partial charge in [-0.2, -0.15) is 0 Å². The standard InChI is InChI=1S/C15H15NO3S/c1-15(14(18)19)6-7-16(15)13(17)9-11-8-10-4-2-3-5-12(10)20-11/h2-5,8H,6-7,9H2,1H3,(H,18,19). The van der Waals surface area contributed by atoms with Gasteiger partial charge in [-0.3, -0.25) is 4.79 Å². The Labute approximate surface area is 120 Å². The fourth-order valence-corrected chi connectivity index (χ4v) is 3.61. The first-order valence-corrected chi connectivity index (χ1v) is 7.34. The summed E-state index contributed by atoms with van der Waals surface area (Å²) in [5, 5.41) is 10.3. The third kappa shape index (κ3) is 1.98. The molecule has 0 aliphatic carbocycles. The van der Waals surface area contributed by atoms with Gasteiger partial charge in [0.05, 0.1) is 6.42 Å². The van der Waals surface area contributed by atoms with Gasteiger partial charge in [-0.05, 0) is 30.9 Å². The van der Waals surface area contributed by atoms with Gasteiger partial charge < -0.3 is 10.0 Å². The molecule has 4 nitrogen and oxygen atoms in total. The number of likely N-dealkylation sites (tertiary alicyclic amines) is 1. The lowest BCUT2D eigenvalue weighted by Crippen LogP contribution is -2.64. The van der Waals surface area contributed by atoms with E-state index in [2.05, 4.69) is 0 Å². The Morgan fingerprint density at radius 1 is 1.40 bits per heavy atom. The van der Waals surface area contributed by atoms with Crippen LogP contribution in [-0.2, 0) is 16.0 Å². The maximum absolute atomic E-state index is 12.3. The van der Waals surface area contributed by atoms with Crippen molar-refractivity contribution in [2.45, 2.75) is 25.3 Å². The third-order valence-corrected chi connectivity index (χ3v) is 5.10. The molecule has 1 aromatic heterocycles. The van der Waals surface area contributed by atoms with Crippen LogP contribution in [0.5, 0.6) is 0 Å². The predicted molar refractivity (Wildman–Crippen MR) is 77.9 cm³/mol. The SMILES string of the molecule is CC1(C(=O)O)CCN1C(=O)Cc1cc2ccccc2s1. The maximum atomic E-state index is 12.3. The van der Waals surface area contributed by atoms with E-state index in [1.54, 1.807) is 18.3 Å². The topological polar surface area (TPSA) is 57.6 Å². The minimum absolute atomic E-state index is 0.104. The maximum Gasteiger partial charge on any atom is 0.329 e. The van der Waals surface area contributed by atoms with Gasteiger partial charge in [0.15, 0.2) is 0 Å². The summed E-state index contributed by atoms with van der Waals surface area (Å²) in [5.41, 5.74) is -1.02. The van der Waals surface area contributed by atoms with Crippen LogP contribution in [0.4, 0.5) is 0 Å². The predicted octanol–water partition coefficient (Wildman–Crippen LogP) is 2.52. The number of hydrogen-bond acceptors (Lipinski definition) is 3. The van der Waals surface area contributed by atoms with Crippen molar-refractivity contribution in [1.82, 2.24) is 4.90 Å². The highest BCUT2D eigenvalue weighted by atomic mass is 32.1. The lowest BCUT2D eigenvalue weighted by atomic mass is 9.86. The van der Waals surface area contributed by atoms with Gasteiger partial charge >= 0.3 is 5.97 Å². The number of thiophene rings is 1. The molecule has 3 rings (SSSR count). The molecule has 20 heavy (non-hydrogen) atoms. The summed E-state index contributed by atoms with van der Waals surface area (Å²) in [6, 6.07) is 10.00. The zero-order valence-electron chi connectivity index (χ0n) is 11.1. The Kier molecular flexibility index (Phi) is 3.01. The van der Waals surface area contributed by atoms with Crippen LogP contribution >= 0.6 is 11.3 Å².